The fourth-order valence-corrected chi connectivity index (χ4v) is 1.98. The molecule has 1 aromatic heterocycles. The van der Waals surface area contributed by atoms with Crippen LogP contribution in [-0.2, 0) is 17.6 Å². The number of aliphatic carboxylic acids is 1. The van der Waals surface area contributed by atoms with Gasteiger partial charge in [-0.3, -0.25) is 4.79 Å². The smallest absolute Gasteiger partial charge is 0.311 e. The third kappa shape index (κ3) is 1.49. The minimum Gasteiger partial charge on any atom is -0.481 e. The summed E-state index contributed by atoms with van der Waals surface area (Å²) >= 11 is 0. The van der Waals surface area contributed by atoms with Gasteiger partial charge in [0.25, 0.3) is 0 Å². The monoisotopic (exact) mass is 195 g/mol. The van der Waals surface area contributed by atoms with E-state index in [4.69, 9.17) is 5.11 Å². The fourth-order valence-electron chi connectivity index (χ4n) is 1.98. The van der Waals surface area contributed by atoms with E-state index < -0.39 is 5.97 Å². The highest BCUT2D eigenvalue weighted by molar-refractivity contribution is 5.69. The summed E-state index contributed by atoms with van der Waals surface area (Å²) in [4.78, 5) is 10.6. The molecule has 0 amide bonds. The molecule has 1 aliphatic heterocycles. The maximum Gasteiger partial charge on any atom is 0.311 e. The van der Waals surface area contributed by atoms with Crippen LogP contribution in [0.3, 0.4) is 0 Å². The van der Waals surface area contributed by atoms with Gasteiger partial charge in [-0.1, -0.05) is 0 Å². The summed E-state index contributed by atoms with van der Waals surface area (Å²) in [6.45, 7) is 2.08. The van der Waals surface area contributed by atoms with Crippen LogP contribution in [0.4, 0.5) is 0 Å². The maximum absolute atomic E-state index is 10.6. The predicted octanol–water partition coefficient (Wildman–Crippen LogP) is 0.802. The Kier molecular flexibility index (Phi) is 2.23. The number of rotatable bonds is 2. The second kappa shape index (κ2) is 3.40. The van der Waals surface area contributed by atoms with Gasteiger partial charge in [0, 0.05) is 12.5 Å². The van der Waals surface area contributed by atoms with Crippen LogP contribution in [0.5, 0.6) is 0 Å². The van der Waals surface area contributed by atoms with Crippen LogP contribution in [0.15, 0.2) is 0 Å². The third-order valence-corrected chi connectivity index (χ3v) is 2.61. The van der Waals surface area contributed by atoms with Gasteiger partial charge < -0.3 is 9.67 Å². The number of carboxylic acid groups (broad SMARTS) is 1. The van der Waals surface area contributed by atoms with Crippen LogP contribution in [0.2, 0.25) is 0 Å². The molecule has 0 bridgehead atoms. The van der Waals surface area contributed by atoms with Gasteiger partial charge in [-0.15, -0.1) is 10.2 Å². The second-order valence-electron chi connectivity index (χ2n) is 3.71. The van der Waals surface area contributed by atoms with Crippen LogP contribution >= 0.6 is 0 Å². The molecule has 0 fully saturated rings. The number of carboxylic acids is 1. The summed E-state index contributed by atoms with van der Waals surface area (Å²) in [7, 11) is 0. The molecule has 0 radical (unpaired) electrons. The van der Waals surface area contributed by atoms with Gasteiger partial charge in [-0.05, 0) is 19.8 Å². The zero-order valence-corrected chi connectivity index (χ0v) is 8.10. The first-order valence-corrected chi connectivity index (χ1v) is 4.83. The Bertz CT molecular complexity index is 359. The molecule has 0 saturated heterocycles. The molecule has 2 heterocycles. The van der Waals surface area contributed by atoms with Crippen molar-refractivity contribution in [1.82, 2.24) is 14.8 Å². The van der Waals surface area contributed by atoms with Crippen LogP contribution in [-0.4, -0.2) is 25.8 Å². The van der Waals surface area contributed by atoms with Crippen LogP contribution in [0.25, 0.3) is 0 Å². The van der Waals surface area contributed by atoms with Gasteiger partial charge in [0.1, 0.15) is 18.1 Å². The number of fused-ring (bicyclic) bond motifs is 1. The lowest BCUT2D eigenvalue weighted by Crippen LogP contribution is -2.19. The van der Waals surface area contributed by atoms with E-state index >= 15 is 0 Å². The van der Waals surface area contributed by atoms with Crippen molar-refractivity contribution in [2.75, 3.05) is 0 Å². The summed E-state index contributed by atoms with van der Waals surface area (Å²) in [5.41, 5.74) is 0. The van der Waals surface area contributed by atoms with Gasteiger partial charge in [0.15, 0.2) is 0 Å². The van der Waals surface area contributed by atoms with Crippen molar-refractivity contribution in [3.8, 4) is 0 Å². The summed E-state index contributed by atoms with van der Waals surface area (Å²) in [6, 6.07) is 0.336. The standard InChI is InChI=1S/C9H13N3O2/c1-6-3-2-4-7-10-11-8(12(6)7)5-9(13)14/h6H,2-5H2,1H3,(H,13,14). The zero-order chi connectivity index (χ0) is 10.1. The minimum atomic E-state index is -0.849. The van der Waals surface area contributed by atoms with Gasteiger partial charge in [-0.2, -0.15) is 0 Å². The summed E-state index contributed by atoms with van der Waals surface area (Å²) in [5.74, 6) is 0.665. The van der Waals surface area contributed by atoms with Gasteiger partial charge in [-0.25, -0.2) is 0 Å². The molecule has 0 saturated carbocycles. The van der Waals surface area contributed by atoms with E-state index in [1.807, 2.05) is 4.57 Å². The Labute approximate surface area is 81.8 Å². The van der Waals surface area contributed by atoms with Crippen molar-refractivity contribution in [1.29, 1.82) is 0 Å². The number of aromatic nitrogens is 3. The molecule has 1 N–H and O–H groups in total. The number of aryl methyl sites for hydroxylation is 1. The Morgan fingerprint density at radius 2 is 2.43 bits per heavy atom. The molecule has 0 spiro atoms. The maximum atomic E-state index is 10.6. The third-order valence-electron chi connectivity index (χ3n) is 2.61. The Balaban J connectivity index is 2.33. The van der Waals surface area contributed by atoms with E-state index in [1.54, 1.807) is 0 Å². The molecule has 1 unspecified atom stereocenters. The van der Waals surface area contributed by atoms with Crippen molar-refractivity contribution in [2.24, 2.45) is 0 Å². The van der Waals surface area contributed by atoms with Gasteiger partial charge >= 0.3 is 5.97 Å². The van der Waals surface area contributed by atoms with Crippen molar-refractivity contribution in [2.45, 2.75) is 38.6 Å². The highest BCUT2D eigenvalue weighted by atomic mass is 16.4. The summed E-state index contributed by atoms with van der Waals surface area (Å²) in [5, 5.41) is 16.6. The second-order valence-corrected chi connectivity index (χ2v) is 3.71. The first-order chi connectivity index (χ1) is 6.68. The van der Waals surface area contributed by atoms with Crippen molar-refractivity contribution >= 4 is 5.97 Å². The summed E-state index contributed by atoms with van der Waals surface area (Å²) in [6.07, 6.45) is 3.08. The van der Waals surface area contributed by atoms with Crippen molar-refractivity contribution in [3.05, 3.63) is 11.6 Å². The fraction of sp³-hybridized carbons (Fsp3) is 0.667. The van der Waals surface area contributed by atoms with E-state index in [1.165, 1.54) is 0 Å². The molecule has 5 heteroatoms. The Morgan fingerprint density at radius 3 is 3.14 bits per heavy atom. The van der Waals surface area contributed by atoms with E-state index in [2.05, 4.69) is 17.1 Å². The Morgan fingerprint density at radius 1 is 1.64 bits per heavy atom. The molecule has 0 aromatic carbocycles. The van der Waals surface area contributed by atoms with Crippen LogP contribution in [0, 0.1) is 0 Å². The van der Waals surface area contributed by atoms with Crippen molar-refractivity contribution in [3.63, 3.8) is 0 Å². The zero-order valence-electron chi connectivity index (χ0n) is 8.10. The first kappa shape index (κ1) is 9.18. The molecule has 5 nitrogen and oxygen atoms in total. The molecule has 14 heavy (non-hydrogen) atoms. The largest absolute Gasteiger partial charge is 0.481 e. The molecular weight excluding hydrogens is 182 g/mol. The molecule has 0 aliphatic carbocycles. The van der Waals surface area contributed by atoms with E-state index in [9.17, 15) is 4.79 Å². The van der Waals surface area contributed by atoms with E-state index in [-0.39, 0.29) is 6.42 Å². The van der Waals surface area contributed by atoms with E-state index in [0.717, 1.165) is 25.1 Å². The molecule has 1 atom stereocenters. The van der Waals surface area contributed by atoms with E-state index in [0.29, 0.717) is 11.9 Å². The first-order valence-electron chi connectivity index (χ1n) is 4.83. The molecule has 76 valence electrons. The number of nitrogens with zero attached hydrogens (tertiary/aromatic N) is 3. The number of hydrogen-bond acceptors (Lipinski definition) is 3. The quantitative estimate of drug-likeness (QED) is 0.758. The summed E-state index contributed by atoms with van der Waals surface area (Å²) < 4.78 is 1.97. The van der Waals surface area contributed by atoms with Gasteiger partial charge in [0.05, 0.1) is 0 Å². The number of carbonyl (C=O) groups is 1. The lowest BCUT2D eigenvalue weighted by molar-refractivity contribution is -0.136. The van der Waals surface area contributed by atoms with Crippen molar-refractivity contribution < 1.29 is 9.90 Å². The highest BCUT2D eigenvalue weighted by Gasteiger charge is 2.22. The highest BCUT2D eigenvalue weighted by Crippen LogP contribution is 2.24. The average Bonchev–Trinajstić information content (AvgIpc) is 2.49. The SMILES string of the molecule is CC1CCCc2nnc(CC(=O)O)n21. The topological polar surface area (TPSA) is 68.0 Å². The molecule has 2 rings (SSSR count). The van der Waals surface area contributed by atoms with Crippen LogP contribution < -0.4 is 0 Å². The lowest BCUT2D eigenvalue weighted by atomic mass is 10.1. The molecule has 1 aliphatic rings. The molecular formula is C9H13N3O2. The molecule has 1 aromatic rings. The average molecular weight is 195 g/mol. The lowest BCUT2D eigenvalue weighted by Gasteiger charge is -2.21. The van der Waals surface area contributed by atoms with Gasteiger partial charge in [0.2, 0.25) is 0 Å². The normalized spacial score (nSPS) is 20.5. The minimum absolute atomic E-state index is 0.0304. The number of hydrogen-bond donors (Lipinski definition) is 1. The van der Waals surface area contributed by atoms with Crippen LogP contribution in [0.1, 0.15) is 37.5 Å². The Hall–Kier alpha value is -1.39. The predicted molar refractivity (Wildman–Crippen MR) is 49.0 cm³/mol.